The molecule has 4 heteroatoms. The number of imidazole rings is 1. The predicted molar refractivity (Wildman–Crippen MR) is 57.0 cm³/mol. The molecule has 0 aromatic carbocycles. The second-order valence-electron chi connectivity index (χ2n) is 3.32. The zero-order valence-electron chi connectivity index (χ0n) is 7.98. The summed E-state index contributed by atoms with van der Waals surface area (Å²) in [5.41, 5.74) is 13.0. The van der Waals surface area contributed by atoms with E-state index in [4.69, 9.17) is 11.5 Å². The second-order valence-corrected chi connectivity index (χ2v) is 3.32. The number of hydrogen-bond donors (Lipinski definition) is 2. The zero-order chi connectivity index (χ0) is 9.97. The van der Waals surface area contributed by atoms with Crippen LogP contribution in [0.4, 0.5) is 5.69 Å². The summed E-state index contributed by atoms with van der Waals surface area (Å²) in [6.07, 6.45) is 5.60. The molecule has 4 N–H and O–H groups in total. The van der Waals surface area contributed by atoms with E-state index in [1.807, 2.05) is 28.9 Å². The van der Waals surface area contributed by atoms with E-state index in [0.717, 1.165) is 29.9 Å². The molecule has 0 saturated heterocycles. The highest BCUT2D eigenvalue weighted by Crippen LogP contribution is 2.11. The zero-order valence-corrected chi connectivity index (χ0v) is 7.98. The maximum absolute atomic E-state index is 5.71. The van der Waals surface area contributed by atoms with Crippen molar-refractivity contribution >= 4 is 11.2 Å². The molecule has 0 aliphatic heterocycles. The molecule has 0 aliphatic rings. The molecule has 0 amide bonds. The highest BCUT2D eigenvalue weighted by Gasteiger charge is 2.02. The van der Waals surface area contributed by atoms with Crippen LogP contribution in [0.25, 0.3) is 5.52 Å². The van der Waals surface area contributed by atoms with Crippen LogP contribution in [-0.2, 0) is 6.42 Å². The van der Waals surface area contributed by atoms with Crippen LogP contribution in [0, 0.1) is 0 Å². The van der Waals surface area contributed by atoms with Crippen molar-refractivity contribution < 1.29 is 0 Å². The minimum atomic E-state index is 0.692. The van der Waals surface area contributed by atoms with E-state index in [1.54, 1.807) is 0 Å². The van der Waals surface area contributed by atoms with Gasteiger partial charge in [-0.3, -0.25) is 0 Å². The van der Waals surface area contributed by atoms with Crippen LogP contribution >= 0.6 is 0 Å². The SMILES string of the molecule is NCCCc1ncc2ccc(N)cn12. The van der Waals surface area contributed by atoms with Crippen molar-refractivity contribution in [2.75, 3.05) is 12.3 Å². The Kier molecular flexibility index (Phi) is 2.37. The molecule has 2 aromatic rings. The summed E-state index contributed by atoms with van der Waals surface area (Å²) in [5.74, 6) is 1.03. The third-order valence-electron chi connectivity index (χ3n) is 2.23. The molecule has 0 aliphatic carbocycles. The van der Waals surface area contributed by atoms with E-state index in [1.165, 1.54) is 0 Å². The third kappa shape index (κ3) is 1.56. The number of rotatable bonds is 3. The van der Waals surface area contributed by atoms with Crippen molar-refractivity contribution in [3.63, 3.8) is 0 Å². The first-order chi connectivity index (χ1) is 6.81. The van der Waals surface area contributed by atoms with Crippen LogP contribution in [-0.4, -0.2) is 15.9 Å². The van der Waals surface area contributed by atoms with E-state index in [0.29, 0.717) is 6.54 Å². The summed E-state index contributed by atoms with van der Waals surface area (Å²) in [6, 6.07) is 3.85. The molecule has 14 heavy (non-hydrogen) atoms. The van der Waals surface area contributed by atoms with Gasteiger partial charge in [0, 0.05) is 18.3 Å². The van der Waals surface area contributed by atoms with Gasteiger partial charge in [-0.25, -0.2) is 4.98 Å². The molecule has 2 rings (SSSR count). The van der Waals surface area contributed by atoms with Gasteiger partial charge >= 0.3 is 0 Å². The minimum absolute atomic E-state index is 0.692. The Morgan fingerprint density at radius 3 is 3.00 bits per heavy atom. The van der Waals surface area contributed by atoms with Gasteiger partial charge in [-0.2, -0.15) is 0 Å². The van der Waals surface area contributed by atoms with Crippen molar-refractivity contribution in [3.8, 4) is 0 Å². The highest BCUT2D eigenvalue weighted by atomic mass is 15.0. The topological polar surface area (TPSA) is 69.3 Å². The van der Waals surface area contributed by atoms with Crippen LogP contribution in [0.3, 0.4) is 0 Å². The van der Waals surface area contributed by atoms with Gasteiger partial charge in [-0.1, -0.05) is 0 Å². The fourth-order valence-electron chi connectivity index (χ4n) is 1.51. The van der Waals surface area contributed by atoms with Crippen molar-refractivity contribution in [3.05, 3.63) is 30.4 Å². The standard InChI is InChI=1S/C10H14N4/c11-5-1-2-10-13-6-9-4-3-8(12)7-14(9)10/h3-4,6-7H,1-2,5,11-12H2. The summed E-state index contributed by atoms with van der Waals surface area (Å²) in [7, 11) is 0. The summed E-state index contributed by atoms with van der Waals surface area (Å²) in [4.78, 5) is 4.33. The van der Waals surface area contributed by atoms with Crippen LogP contribution in [0.1, 0.15) is 12.2 Å². The quantitative estimate of drug-likeness (QED) is 0.752. The summed E-state index contributed by atoms with van der Waals surface area (Å²) in [6.45, 7) is 0.692. The Hall–Kier alpha value is -1.55. The van der Waals surface area contributed by atoms with Crippen molar-refractivity contribution in [2.45, 2.75) is 12.8 Å². The van der Waals surface area contributed by atoms with Gasteiger partial charge in [0.05, 0.1) is 11.7 Å². The van der Waals surface area contributed by atoms with E-state index >= 15 is 0 Å². The van der Waals surface area contributed by atoms with Crippen molar-refractivity contribution in [1.29, 1.82) is 0 Å². The maximum Gasteiger partial charge on any atom is 0.113 e. The molecule has 0 atom stereocenters. The summed E-state index contributed by atoms with van der Waals surface area (Å²) < 4.78 is 2.02. The fourth-order valence-corrected chi connectivity index (χ4v) is 1.51. The predicted octanol–water partition coefficient (Wildman–Crippen LogP) is 0.808. The van der Waals surface area contributed by atoms with Gasteiger partial charge in [0.1, 0.15) is 5.82 Å². The van der Waals surface area contributed by atoms with E-state index in [2.05, 4.69) is 4.98 Å². The lowest BCUT2D eigenvalue weighted by molar-refractivity contribution is 0.778. The van der Waals surface area contributed by atoms with Crippen LogP contribution in [0.2, 0.25) is 0 Å². The number of nitrogen functional groups attached to an aromatic ring is 1. The Morgan fingerprint density at radius 1 is 1.36 bits per heavy atom. The molecule has 2 heterocycles. The smallest absolute Gasteiger partial charge is 0.113 e. The van der Waals surface area contributed by atoms with Crippen molar-refractivity contribution in [2.24, 2.45) is 5.73 Å². The molecule has 0 unspecified atom stereocenters. The number of aromatic nitrogens is 2. The lowest BCUT2D eigenvalue weighted by atomic mass is 10.3. The van der Waals surface area contributed by atoms with E-state index in [9.17, 15) is 0 Å². The maximum atomic E-state index is 5.71. The monoisotopic (exact) mass is 190 g/mol. The average Bonchev–Trinajstić information content (AvgIpc) is 2.57. The number of pyridine rings is 1. The molecule has 74 valence electrons. The number of fused-ring (bicyclic) bond motifs is 1. The second kappa shape index (κ2) is 3.67. The molecule has 0 spiro atoms. The van der Waals surface area contributed by atoms with Crippen molar-refractivity contribution in [1.82, 2.24) is 9.38 Å². The molecule has 4 nitrogen and oxygen atoms in total. The number of nitrogens with two attached hydrogens (primary N) is 2. The number of aryl methyl sites for hydroxylation is 1. The van der Waals surface area contributed by atoms with Gasteiger partial charge in [0.2, 0.25) is 0 Å². The van der Waals surface area contributed by atoms with Crippen LogP contribution < -0.4 is 11.5 Å². The fraction of sp³-hybridized carbons (Fsp3) is 0.300. The third-order valence-corrected chi connectivity index (χ3v) is 2.23. The largest absolute Gasteiger partial charge is 0.398 e. The first-order valence-electron chi connectivity index (χ1n) is 4.73. The Morgan fingerprint density at radius 2 is 2.21 bits per heavy atom. The Bertz CT molecular complexity index is 433. The first-order valence-corrected chi connectivity index (χ1v) is 4.73. The number of nitrogens with zero attached hydrogens (tertiary/aromatic N) is 2. The van der Waals surface area contributed by atoms with Gasteiger partial charge in [-0.15, -0.1) is 0 Å². The summed E-state index contributed by atoms with van der Waals surface area (Å²) in [5, 5.41) is 0. The molecule has 0 saturated carbocycles. The lowest BCUT2D eigenvalue weighted by Gasteiger charge is -2.01. The highest BCUT2D eigenvalue weighted by molar-refractivity contribution is 5.52. The molecule has 0 bridgehead atoms. The Labute approximate surface area is 82.5 Å². The molecule has 0 fully saturated rings. The Balaban J connectivity index is 2.40. The van der Waals surface area contributed by atoms with E-state index < -0.39 is 0 Å². The molecular formula is C10H14N4. The lowest BCUT2D eigenvalue weighted by Crippen LogP contribution is -2.03. The van der Waals surface area contributed by atoms with Gasteiger partial charge < -0.3 is 15.9 Å². The van der Waals surface area contributed by atoms with Crippen LogP contribution in [0.5, 0.6) is 0 Å². The number of anilines is 1. The molecular weight excluding hydrogens is 176 g/mol. The first kappa shape index (κ1) is 9.02. The van der Waals surface area contributed by atoms with Crippen LogP contribution in [0.15, 0.2) is 24.5 Å². The summed E-state index contributed by atoms with van der Waals surface area (Å²) >= 11 is 0. The molecule has 2 aromatic heterocycles. The normalized spacial score (nSPS) is 10.9. The number of hydrogen-bond acceptors (Lipinski definition) is 3. The van der Waals surface area contributed by atoms with Gasteiger partial charge in [0.15, 0.2) is 0 Å². The molecule has 0 radical (unpaired) electrons. The minimum Gasteiger partial charge on any atom is -0.398 e. The van der Waals surface area contributed by atoms with E-state index in [-0.39, 0.29) is 0 Å². The average molecular weight is 190 g/mol. The van der Waals surface area contributed by atoms with Gasteiger partial charge in [0.25, 0.3) is 0 Å². The van der Waals surface area contributed by atoms with Gasteiger partial charge in [-0.05, 0) is 25.1 Å².